The normalized spacial score (nSPS) is 15.4. The van der Waals surface area contributed by atoms with E-state index >= 15 is 0 Å². The summed E-state index contributed by atoms with van der Waals surface area (Å²) in [5, 5.41) is 9.57. The first-order valence-corrected chi connectivity index (χ1v) is 11.2. The molecule has 1 unspecified atom stereocenters. The van der Waals surface area contributed by atoms with Crippen molar-refractivity contribution in [2.75, 3.05) is 32.5 Å². The highest BCUT2D eigenvalue weighted by Crippen LogP contribution is 2.47. The van der Waals surface area contributed by atoms with Crippen molar-refractivity contribution in [1.29, 1.82) is 0 Å². The van der Waals surface area contributed by atoms with Crippen LogP contribution >= 0.6 is 7.60 Å². The smallest absolute Gasteiger partial charge is 0.410 e. The first kappa shape index (κ1) is 25.8. The Hall–Kier alpha value is -2.23. The van der Waals surface area contributed by atoms with Crippen molar-refractivity contribution in [3.05, 3.63) is 12.2 Å². The third-order valence-electron chi connectivity index (χ3n) is 3.78. The van der Waals surface area contributed by atoms with Gasteiger partial charge in [-0.2, -0.15) is 0 Å². The molecule has 0 bridgehead atoms. The Bertz CT molecular complexity index is 716. The van der Waals surface area contributed by atoms with Crippen LogP contribution in [0.2, 0.25) is 0 Å². The van der Waals surface area contributed by atoms with E-state index in [-0.39, 0.29) is 25.9 Å². The molecule has 12 heteroatoms. The Balaban J connectivity index is 3.11. The molecule has 3 amide bonds. The van der Waals surface area contributed by atoms with Gasteiger partial charge in [0.05, 0.1) is 25.9 Å². The Kier molecular flexibility index (Phi) is 9.20. The number of carboxylic acids is 1. The maximum Gasteiger partial charge on any atom is 0.410 e. The van der Waals surface area contributed by atoms with Crippen LogP contribution in [0.3, 0.4) is 0 Å². The first-order valence-electron chi connectivity index (χ1n) is 9.47. The predicted octanol–water partition coefficient (Wildman–Crippen LogP) is 1.87. The monoisotopic (exact) mass is 448 g/mol. The summed E-state index contributed by atoms with van der Waals surface area (Å²) in [5.41, 5.74) is -0.890. The van der Waals surface area contributed by atoms with Crippen LogP contribution in [0.5, 0.6) is 0 Å². The van der Waals surface area contributed by atoms with Crippen molar-refractivity contribution >= 4 is 31.5 Å². The molecule has 0 aromatic heterocycles. The number of nitrogens with zero attached hydrogens (tertiary/aromatic N) is 2. The average Bonchev–Trinajstić information content (AvgIpc) is 2.92. The minimum atomic E-state index is -3.54. The van der Waals surface area contributed by atoms with Crippen LogP contribution in [0.15, 0.2) is 12.2 Å². The number of ether oxygens (including phenoxy) is 1. The number of imide groups is 1. The van der Waals surface area contributed by atoms with Gasteiger partial charge in [-0.05, 0) is 34.6 Å². The number of hydrogen-bond acceptors (Lipinski definition) is 8. The highest BCUT2D eigenvalue weighted by Gasteiger charge is 2.39. The molecule has 0 fully saturated rings. The molecule has 1 aliphatic heterocycles. The summed E-state index contributed by atoms with van der Waals surface area (Å²) in [5.74, 6) is -3.08. The molecular formula is C18H29N2O9P. The second kappa shape index (κ2) is 10.7. The fourth-order valence-corrected chi connectivity index (χ4v) is 4.19. The molecule has 0 aromatic carbocycles. The fraction of sp³-hybridized carbons (Fsp3) is 0.667. The molecule has 1 aliphatic rings. The molecule has 0 aliphatic carbocycles. The lowest BCUT2D eigenvalue weighted by molar-refractivity contribution is -0.154. The van der Waals surface area contributed by atoms with Gasteiger partial charge in [-0.15, -0.1) is 0 Å². The van der Waals surface area contributed by atoms with Crippen LogP contribution < -0.4 is 0 Å². The van der Waals surface area contributed by atoms with E-state index in [2.05, 4.69) is 0 Å². The predicted molar refractivity (Wildman–Crippen MR) is 106 cm³/mol. The van der Waals surface area contributed by atoms with Crippen LogP contribution in [0.1, 0.15) is 34.6 Å². The summed E-state index contributed by atoms with van der Waals surface area (Å²) in [6, 6.07) is -1.65. The van der Waals surface area contributed by atoms with Gasteiger partial charge >= 0.3 is 19.7 Å². The number of carbonyl (C=O) groups excluding carboxylic acids is 3. The third-order valence-corrected chi connectivity index (χ3v) is 5.83. The lowest BCUT2D eigenvalue weighted by atomic mass is 10.2. The van der Waals surface area contributed by atoms with E-state index in [4.69, 9.17) is 13.8 Å². The van der Waals surface area contributed by atoms with Crippen molar-refractivity contribution < 1.29 is 42.6 Å². The fourth-order valence-electron chi connectivity index (χ4n) is 2.58. The molecule has 1 atom stereocenters. The zero-order chi connectivity index (χ0) is 23.1. The van der Waals surface area contributed by atoms with Crippen LogP contribution in [-0.4, -0.2) is 82.9 Å². The van der Waals surface area contributed by atoms with E-state index in [1.54, 1.807) is 34.6 Å². The Labute approximate surface area is 175 Å². The van der Waals surface area contributed by atoms with Crippen molar-refractivity contribution in [3.8, 4) is 0 Å². The number of rotatable bonds is 11. The summed E-state index contributed by atoms with van der Waals surface area (Å²) >= 11 is 0. The van der Waals surface area contributed by atoms with Crippen LogP contribution in [-0.2, 0) is 32.7 Å². The number of carbonyl (C=O) groups is 4. The molecule has 30 heavy (non-hydrogen) atoms. The molecule has 1 rings (SSSR count). The summed E-state index contributed by atoms with van der Waals surface area (Å²) in [4.78, 5) is 49.8. The maximum atomic E-state index is 12.7. The Morgan fingerprint density at radius 1 is 1.13 bits per heavy atom. The van der Waals surface area contributed by atoms with Crippen molar-refractivity contribution in [2.24, 2.45) is 0 Å². The highest BCUT2D eigenvalue weighted by molar-refractivity contribution is 7.53. The van der Waals surface area contributed by atoms with Gasteiger partial charge < -0.3 is 23.8 Å². The second-order valence-electron chi connectivity index (χ2n) is 7.33. The van der Waals surface area contributed by atoms with E-state index in [0.717, 1.165) is 17.1 Å². The maximum absolute atomic E-state index is 12.7. The number of hydrogen-bond donors (Lipinski definition) is 1. The van der Waals surface area contributed by atoms with Crippen molar-refractivity contribution in [3.63, 3.8) is 0 Å². The zero-order valence-electron chi connectivity index (χ0n) is 17.8. The number of amides is 3. The minimum absolute atomic E-state index is 0.115. The second-order valence-corrected chi connectivity index (χ2v) is 9.52. The van der Waals surface area contributed by atoms with Gasteiger partial charge in [0, 0.05) is 18.7 Å². The number of carboxylic acid groups (broad SMARTS) is 1. The Morgan fingerprint density at radius 2 is 1.63 bits per heavy atom. The van der Waals surface area contributed by atoms with E-state index < -0.39 is 49.7 Å². The van der Waals surface area contributed by atoms with Gasteiger partial charge in [-0.25, -0.2) is 9.59 Å². The standard InChI is InChI=1S/C18H29N2O9P/c1-6-27-30(26,28-7-2)11-10-19(17(25)29-18(3,4)5)12-13(16(23)24)20-14(21)8-9-15(20)22/h8-9,13H,6-7,10-12H2,1-5H3,(H,23,24). The third kappa shape index (κ3) is 7.55. The topological polar surface area (TPSA) is 140 Å². The SMILES string of the molecule is CCOP(=O)(CCN(CC(C(=O)O)N1C(=O)C=CC1=O)C(=O)OC(C)(C)C)OCC. The molecule has 0 radical (unpaired) electrons. The van der Waals surface area contributed by atoms with Crippen LogP contribution in [0.25, 0.3) is 0 Å². The molecule has 170 valence electrons. The quantitative estimate of drug-likeness (QED) is 0.370. The van der Waals surface area contributed by atoms with E-state index in [9.17, 15) is 28.8 Å². The lowest BCUT2D eigenvalue weighted by Crippen LogP contribution is -2.53. The highest BCUT2D eigenvalue weighted by atomic mass is 31.2. The van der Waals surface area contributed by atoms with Crippen molar-refractivity contribution in [2.45, 2.75) is 46.3 Å². The summed E-state index contributed by atoms with van der Waals surface area (Å²) in [7, 11) is -3.54. The number of aliphatic carboxylic acids is 1. The molecule has 1 heterocycles. The summed E-state index contributed by atoms with van der Waals surface area (Å²) in [6.07, 6.45) is 0.795. The van der Waals surface area contributed by atoms with Crippen LogP contribution in [0.4, 0.5) is 4.79 Å². The molecule has 11 nitrogen and oxygen atoms in total. The average molecular weight is 448 g/mol. The van der Waals surface area contributed by atoms with E-state index in [1.807, 2.05) is 0 Å². The molecule has 0 spiro atoms. The van der Waals surface area contributed by atoms with Gasteiger partial charge in [-0.1, -0.05) is 0 Å². The molecule has 0 saturated heterocycles. The van der Waals surface area contributed by atoms with E-state index in [1.165, 1.54) is 0 Å². The van der Waals surface area contributed by atoms with Gasteiger partial charge in [0.15, 0.2) is 6.04 Å². The van der Waals surface area contributed by atoms with Crippen molar-refractivity contribution in [1.82, 2.24) is 9.80 Å². The van der Waals surface area contributed by atoms with Crippen LogP contribution in [0, 0.1) is 0 Å². The molecule has 0 aromatic rings. The van der Waals surface area contributed by atoms with E-state index in [0.29, 0.717) is 4.90 Å². The first-order chi connectivity index (χ1) is 13.8. The van der Waals surface area contributed by atoms with Gasteiger partial charge in [-0.3, -0.25) is 19.1 Å². The zero-order valence-corrected chi connectivity index (χ0v) is 18.7. The summed E-state index contributed by atoms with van der Waals surface area (Å²) in [6.45, 7) is 7.58. The summed E-state index contributed by atoms with van der Waals surface area (Å²) < 4.78 is 28.4. The molecule has 0 saturated carbocycles. The van der Waals surface area contributed by atoms with Gasteiger partial charge in [0.1, 0.15) is 5.60 Å². The molecule has 1 N–H and O–H groups in total. The Morgan fingerprint density at radius 3 is 2.03 bits per heavy atom. The largest absolute Gasteiger partial charge is 0.480 e. The minimum Gasteiger partial charge on any atom is -0.480 e. The molecular weight excluding hydrogens is 419 g/mol. The lowest BCUT2D eigenvalue weighted by Gasteiger charge is -2.32. The van der Waals surface area contributed by atoms with Gasteiger partial charge in [0.25, 0.3) is 11.8 Å². The van der Waals surface area contributed by atoms with Gasteiger partial charge in [0.2, 0.25) is 0 Å².